The average Bonchev–Trinajstić information content (AvgIpc) is 2.95. The molecule has 1 atom stereocenters. The van der Waals surface area contributed by atoms with E-state index in [0.717, 1.165) is 12.8 Å². The fourth-order valence-electron chi connectivity index (χ4n) is 2.24. The molecule has 3 rings (SSSR count). The van der Waals surface area contributed by atoms with Crippen LogP contribution in [0.5, 0.6) is 11.5 Å². The molecule has 1 N–H and O–H groups in total. The summed E-state index contributed by atoms with van der Waals surface area (Å²) in [6.07, 6.45) is 2.30. The van der Waals surface area contributed by atoms with Gasteiger partial charge in [-0.25, -0.2) is 0 Å². The van der Waals surface area contributed by atoms with E-state index in [1.165, 1.54) is 6.07 Å². The molecule has 2 aliphatic rings. The van der Waals surface area contributed by atoms with Crippen LogP contribution in [0.4, 0.5) is 11.4 Å². The van der Waals surface area contributed by atoms with Gasteiger partial charge < -0.3 is 14.8 Å². The first-order chi connectivity index (χ1) is 8.99. The summed E-state index contributed by atoms with van der Waals surface area (Å²) in [5.41, 5.74) is 0.764. The molecule has 0 aromatic heterocycles. The van der Waals surface area contributed by atoms with Gasteiger partial charge in [-0.05, 0) is 25.2 Å². The van der Waals surface area contributed by atoms with Crippen LogP contribution in [0.15, 0.2) is 12.1 Å². The molecule has 0 amide bonds. The van der Waals surface area contributed by atoms with Crippen LogP contribution < -0.4 is 14.8 Å². The maximum absolute atomic E-state index is 11.1. The third-order valence-corrected chi connectivity index (χ3v) is 4.14. The third kappa shape index (κ3) is 2.07. The van der Waals surface area contributed by atoms with Gasteiger partial charge in [0, 0.05) is 12.1 Å². The van der Waals surface area contributed by atoms with Crippen LogP contribution in [-0.2, 0) is 0 Å². The molecule has 1 heterocycles. The van der Waals surface area contributed by atoms with Crippen LogP contribution in [0.1, 0.15) is 26.7 Å². The van der Waals surface area contributed by atoms with Crippen molar-refractivity contribution >= 4 is 11.4 Å². The maximum atomic E-state index is 11.1. The fourth-order valence-corrected chi connectivity index (χ4v) is 2.24. The highest BCUT2D eigenvalue weighted by molar-refractivity contribution is 5.69. The SMILES string of the molecule is CC(Nc1cc2c(cc1[N+](=O)[O-])OCO2)C1(C)CC1. The third-order valence-electron chi connectivity index (χ3n) is 4.14. The quantitative estimate of drug-likeness (QED) is 0.668. The normalized spacial score (nSPS) is 19.9. The van der Waals surface area contributed by atoms with Crippen molar-refractivity contribution in [2.45, 2.75) is 32.7 Å². The van der Waals surface area contributed by atoms with Gasteiger partial charge in [0.05, 0.1) is 11.0 Å². The minimum absolute atomic E-state index is 0.0281. The van der Waals surface area contributed by atoms with Crippen molar-refractivity contribution in [3.63, 3.8) is 0 Å². The van der Waals surface area contributed by atoms with Gasteiger partial charge in [-0.3, -0.25) is 10.1 Å². The Morgan fingerprint density at radius 3 is 2.58 bits per heavy atom. The minimum Gasteiger partial charge on any atom is -0.454 e. The van der Waals surface area contributed by atoms with E-state index in [1.54, 1.807) is 6.07 Å². The molecule has 19 heavy (non-hydrogen) atoms. The Labute approximate surface area is 110 Å². The van der Waals surface area contributed by atoms with Crippen molar-refractivity contribution in [2.75, 3.05) is 12.1 Å². The molecule has 1 fully saturated rings. The average molecular weight is 264 g/mol. The lowest BCUT2D eigenvalue weighted by Crippen LogP contribution is -2.25. The first-order valence-corrected chi connectivity index (χ1v) is 6.34. The number of hydrogen-bond donors (Lipinski definition) is 1. The molecule has 0 spiro atoms. The van der Waals surface area contributed by atoms with E-state index in [9.17, 15) is 10.1 Å². The number of rotatable bonds is 4. The van der Waals surface area contributed by atoms with Crippen molar-refractivity contribution in [3.8, 4) is 11.5 Å². The molecular weight excluding hydrogens is 248 g/mol. The summed E-state index contributed by atoms with van der Waals surface area (Å²) in [4.78, 5) is 10.7. The van der Waals surface area contributed by atoms with Gasteiger partial charge in [0.15, 0.2) is 11.5 Å². The first-order valence-electron chi connectivity index (χ1n) is 6.34. The van der Waals surface area contributed by atoms with Gasteiger partial charge in [0.2, 0.25) is 6.79 Å². The Bertz CT molecular complexity index is 540. The van der Waals surface area contributed by atoms with Crippen molar-refractivity contribution in [2.24, 2.45) is 5.41 Å². The van der Waals surface area contributed by atoms with Gasteiger partial charge in [-0.1, -0.05) is 6.92 Å². The molecule has 6 heteroatoms. The minimum atomic E-state index is -0.397. The molecule has 1 aliphatic heterocycles. The molecule has 1 aliphatic carbocycles. The van der Waals surface area contributed by atoms with Crippen LogP contribution >= 0.6 is 0 Å². The molecule has 1 saturated carbocycles. The molecule has 1 unspecified atom stereocenters. The summed E-state index contributed by atoms with van der Waals surface area (Å²) in [7, 11) is 0. The first kappa shape index (κ1) is 12.1. The zero-order chi connectivity index (χ0) is 13.6. The fraction of sp³-hybridized carbons (Fsp3) is 0.538. The summed E-state index contributed by atoms with van der Waals surface area (Å²) in [5.74, 6) is 0.990. The number of hydrogen-bond acceptors (Lipinski definition) is 5. The number of nitrogens with one attached hydrogen (secondary N) is 1. The lowest BCUT2D eigenvalue weighted by atomic mass is 10.0. The number of benzene rings is 1. The number of anilines is 1. The predicted octanol–water partition coefficient (Wildman–Crippen LogP) is 2.92. The topological polar surface area (TPSA) is 73.6 Å². The van der Waals surface area contributed by atoms with Crippen molar-refractivity contribution in [3.05, 3.63) is 22.2 Å². The molecule has 1 aromatic rings. The van der Waals surface area contributed by atoms with E-state index in [-0.39, 0.29) is 23.9 Å². The van der Waals surface area contributed by atoms with Crippen LogP contribution in [0.25, 0.3) is 0 Å². The highest BCUT2D eigenvalue weighted by atomic mass is 16.7. The second-order valence-corrected chi connectivity index (χ2v) is 5.50. The molecule has 102 valence electrons. The zero-order valence-corrected chi connectivity index (χ0v) is 10.9. The van der Waals surface area contributed by atoms with Gasteiger partial charge in [-0.2, -0.15) is 0 Å². The maximum Gasteiger partial charge on any atom is 0.296 e. The molecule has 0 saturated heterocycles. The Morgan fingerprint density at radius 2 is 2.00 bits per heavy atom. The summed E-state index contributed by atoms with van der Waals surface area (Å²) < 4.78 is 10.4. The highest BCUT2D eigenvalue weighted by Gasteiger charge is 2.43. The molecule has 0 radical (unpaired) electrons. The number of ether oxygens (including phenoxy) is 2. The summed E-state index contributed by atoms with van der Waals surface area (Å²) in [6, 6.07) is 3.27. The number of nitrogens with zero attached hydrogens (tertiary/aromatic N) is 1. The summed E-state index contributed by atoms with van der Waals surface area (Å²) >= 11 is 0. The second-order valence-electron chi connectivity index (χ2n) is 5.50. The Kier molecular flexibility index (Phi) is 2.55. The van der Waals surface area contributed by atoms with Crippen LogP contribution in [0.3, 0.4) is 0 Å². The van der Waals surface area contributed by atoms with E-state index in [2.05, 4.69) is 19.2 Å². The smallest absolute Gasteiger partial charge is 0.296 e. The van der Waals surface area contributed by atoms with Gasteiger partial charge in [0.25, 0.3) is 5.69 Å². The molecule has 6 nitrogen and oxygen atoms in total. The Balaban J connectivity index is 1.92. The summed E-state index contributed by atoms with van der Waals surface area (Å²) in [6.45, 7) is 4.36. The van der Waals surface area contributed by atoms with Crippen LogP contribution in [0.2, 0.25) is 0 Å². The van der Waals surface area contributed by atoms with E-state index >= 15 is 0 Å². The number of nitro groups is 1. The van der Waals surface area contributed by atoms with Crippen molar-refractivity contribution < 1.29 is 14.4 Å². The van der Waals surface area contributed by atoms with Gasteiger partial charge >= 0.3 is 0 Å². The summed E-state index contributed by atoms with van der Waals surface area (Å²) in [5, 5.41) is 14.4. The highest BCUT2D eigenvalue weighted by Crippen LogP contribution is 2.50. The molecular formula is C13H16N2O4. The van der Waals surface area contributed by atoms with Crippen LogP contribution in [-0.4, -0.2) is 17.8 Å². The lowest BCUT2D eigenvalue weighted by Gasteiger charge is -2.21. The van der Waals surface area contributed by atoms with Gasteiger partial charge in [-0.15, -0.1) is 0 Å². The molecule has 1 aromatic carbocycles. The molecule has 0 bridgehead atoms. The number of fused-ring (bicyclic) bond motifs is 1. The predicted molar refractivity (Wildman–Crippen MR) is 69.6 cm³/mol. The largest absolute Gasteiger partial charge is 0.454 e. The monoisotopic (exact) mass is 264 g/mol. The van der Waals surface area contributed by atoms with Crippen molar-refractivity contribution in [1.29, 1.82) is 0 Å². The van der Waals surface area contributed by atoms with Crippen molar-refractivity contribution in [1.82, 2.24) is 0 Å². The lowest BCUT2D eigenvalue weighted by molar-refractivity contribution is -0.384. The van der Waals surface area contributed by atoms with Gasteiger partial charge in [0.1, 0.15) is 5.69 Å². The Hall–Kier alpha value is -1.98. The van der Waals surface area contributed by atoms with E-state index in [1.807, 2.05) is 0 Å². The zero-order valence-electron chi connectivity index (χ0n) is 10.9. The van der Waals surface area contributed by atoms with E-state index < -0.39 is 4.92 Å². The Morgan fingerprint density at radius 1 is 1.37 bits per heavy atom. The van der Waals surface area contributed by atoms with E-state index in [0.29, 0.717) is 17.2 Å². The van der Waals surface area contributed by atoms with Crippen LogP contribution in [0, 0.1) is 15.5 Å². The number of nitro benzene ring substituents is 1. The van der Waals surface area contributed by atoms with E-state index in [4.69, 9.17) is 9.47 Å². The standard InChI is InChI=1S/C13H16N2O4/c1-8(13(2)3-4-13)14-9-5-11-12(19-7-18-11)6-10(9)15(16)17/h5-6,8,14H,3-4,7H2,1-2H3. The second kappa shape index (κ2) is 4.01.